The molecule has 0 saturated carbocycles. The predicted octanol–water partition coefficient (Wildman–Crippen LogP) is 1.01. The number of rotatable bonds is 5. The van der Waals surface area contributed by atoms with E-state index in [1.54, 1.807) is 0 Å². The third-order valence-corrected chi connectivity index (χ3v) is 2.73. The largest absolute Gasteiger partial charge is 0.477 e. The number of aromatic carboxylic acids is 1. The Bertz CT molecular complexity index is 391. The summed E-state index contributed by atoms with van der Waals surface area (Å²) >= 11 is 0. The minimum atomic E-state index is -1.04. The molecule has 1 aromatic rings. The van der Waals surface area contributed by atoms with Gasteiger partial charge in [0.15, 0.2) is 5.69 Å². The van der Waals surface area contributed by atoms with Gasteiger partial charge < -0.3 is 15.2 Å². The minimum absolute atomic E-state index is 0.00620. The molecule has 2 N–H and O–H groups in total. The fourth-order valence-corrected chi connectivity index (χ4v) is 1.76. The molecule has 92 valence electrons. The van der Waals surface area contributed by atoms with Gasteiger partial charge in [-0.15, -0.1) is 0 Å². The number of aromatic nitrogens is 2. The van der Waals surface area contributed by atoms with Crippen molar-refractivity contribution < 1.29 is 14.6 Å². The van der Waals surface area contributed by atoms with Crippen molar-refractivity contribution in [3.05, 3.63) is 18.0 Å². The molecule has 2 rings (SSSR count). The molecule has 0 spiro atoms. The van der Waals surface area contributed by atoms with Gasteiger partial charge in [-0.25, -0.2) is 14.8 Å². The summed E-state index contributed by atoms with van der Waals surface area (Å²) in [6.45, 7) is 2.39. The maximum atomic E-state index is 10.7. The summed E-state index contributed by atoms with van der Waals surface area (Å²) in [5, 5.41) is 11.8. The van der Waals surface area contributed by atoms with E-state index < -0.39 is 5.97 Å². The van der Waals surface area contributed by atoms with Gasteiger partial charge in [0.2, 0.25) is 5.95 Å². The molecule has 0 radical (unpaired) electrons. The Hall–Kier alpha value is -1.69. The second kappa shape index (κ2) is 5.58. The van der Waals surface area contributed by atoms with Crippen LogP contribution < -0.4 is 5.32 Å². The van der Waals surface area contributed by atoms with Crippen LogP contribution in [-0.4, -0.2) is 40.8 Å². The van der Waals surface area contributed by atoms with E-state index in [1.807, 2.05) is 0 Å². The molecule has 1 aliphatic rings. The van der Waals surface area contributed by atoms with E-state index in [0.29, 0.717) is 11.9 Å². The van der Waals surface area contributed by atoms with Crippen LogP contribution in [-0.2, 0) is 4.74 Å². The molecule has 1 aliphatic heterocycles. The first-order valence-corrected chi connectivity index (χ1v) is 5.63. The Kier molecular flexibility index (Phi) is 3.87. The van der Waals surface area contributed by atoms with Gasteiger partial charge >= 0.3 is 5.97 Å². The van der Waals surface area contributed by atoms with E-state index in [-0.39, 0.29) is 5.69 Å². The van der Waals surface area contributed by atoms with Crippen molar-refractivity contribution in [3.63, 3.8) is 0 Å². The summed E-state index contributed by atoms with van der Waals surface area (Å²) in [6.07, 6.45) is 3.52. The lowest BCUT2D eigenvalue weighted by Gasteiger charge is -2.08. The number of anilines is 1. The molecule has 2 heterocycles. The Morgan fingerprint density at radius 2 is 2.53 bits per heavy atom. The van der Waals surface area contributed by atoms with Crippen molar-refractivity contribution in [1.29, 1.82) is 0 Å². The summed E-state index contributed by atoms with van der Waals surface area (Å²) in [7, 11) is 0. The standard InChI is InChI=1S/C11H15N3O3/c15-10(16)9-2-5-13-11(14-9)12-4-1-8-3-6-17-7-8/h2,5,8H,1,3-4,6-7H2,(H,15,16)(H,12,13,14). The molecule has 0 aromatic carbocycles. The molecule has 0 amide bonds. The average molecular weight is 237 g/mol. The first-order valence-electron chi connectivity index (χ1n) is 5.63. The maximum absolute atomic E-state index is 10.7. The number of nitrogens with one attached hydrogen (secondary N) is 1. The molecule has 1 unspecified atom stereocenters. The normalized spacial score (nSPS) is 19.2. The van der Waals surface area contributed by atoms with E-state index in [1.165, 1.54) is 12.3 Å². The lowest BCUT2D eigenvalue weighted by atomic mass is 10.1. The van der Waals surface area contributed by atoms with E-state index in [0.717, 1.165) is 32.6 Å². The van der Waals surface area contributed by atoms with Gasteiger partial charge in [-0.2, -0.15) is 0 Å². The number of hydrogen-bond donors (Lipinski definition) is 2. The SMILES string of the molecule is O=C(O)c1ccnc(NCCC2CCOC2)n1. The molecule has 1 atom stereocenters. The van der Waals surface area contributed by atoms with Gasteiger partial charge in [0.05, 0.1) is 0 Å². The highest BCUT2D eigenvalue weighted by Crippen LogP contribution is 2.15. The van der Waals surface area contributed by atoms with Gasteiger partial charge in [-0.1, -0.05) is 0 Å². The van der Waals surface area contributed by atoms with Gasteiger partial charge in [0.25, 0.3) is 0 Å². The van der Waals surface area contributed by atoms with Crippen LogP contribution in [0.1, 0.15) is 23.3 Å². The summed E-state index contributed by atoms with van der Waals surface area (Å²) < 4.78 is 5.27. The molecule has 1 saturated heterocycles. The zero-order valence-electron chi connectivity index (χ0n) is 9.43. The Morgan fingerprint density at radius 3 is 3.24 bits per heavy atom. The zero-order valence-corrected chi connectivity index (χ0v) is 9.43. The molecular formula is C11H15N3O3. The number of nitrogens with zero attached hydrogens (tertiary/aromatic N) is 2. The summed E-state index contributed by atoms with van der Waals surface area (Å²) in [5.41, 5.74) is 0.00620. The maximum Gasteiger partial charge on any atom is 0.354 e. The molecule has 1 fully saturated rings. The predicted molar refractivity (Wildman–Crippen MR) is 61.0 cm³/mol. The summed E-state index contributed by atoms with van der Waals surface area (Å²) in [6, 6.07) is 1.37. The topological polar surface area (TPSA) is 84.3 Å². The quantitative estimate of drug-likeness (QED) is 0.795. The molecule has 6 heteroatoms. The van der Waals surface area contributed by atoms with Gasteiger partial charge in [-0.3, -0.25) is 0 Å². The van der Waals surface area contributed by atoms with E-state index in [4.69, 9.17) is 9.84 Å². The highest BCUT2D eigenvalue weighted by Gasteiger charge is 2.15. The number of carboxylic acids is 1. The van der Waals surface area contributed by atoms with Crippen molar-refractivity contribution >= 4 is 11.9 Å². The molecule has 17 heavy (non-hydrogen) atoms. The average Bonchev–Trinajstić information content (AvgIpc) is 2.82. The molecule has 0 bridgehead atoms. The monoisotopic (exact) mass is 237 g/mol. The zero-order chi connectivity index (χ0) is 12.1. The van der Waals surface area contributed by atoms with Gasteiger partial charge in [0.1, 0.15) is 0 Å². The smallest absolute Gasteiger partial charge is 0.354 e. The Morgan fingerprint density at radius 1 is 1.65 bits per heavy atom. The molecule has 6 nitrogen and oxygen atoms in total. The van der Waals surface area contributed by atoms with Crippen LogP contribution in [0.3, 0.4) is 0 Å². The molecular weight excluding hydrogens is 222 g/mol. The second-order valence-corrected chi connectivity index (χ2v) is 4.02. The van der Waals surface area contributed by atoms with Crippen LogP contribution in [0, 0.1) is 5.92 Å². The van der Waals surface area contributed by atoms with Gasteiger partial charge in [-0.05, 0) is 24.8 Å². The van der Waals surface area contributed by atoms with E-state index in [2.05, 4.69) is 15.3 Å². The van der Waals surface area contributed by atoms with E-state index in [9.17, 15) is 4.79 Å². The molecule has 1 aromatic heterocycles. The van der Waals surface area contributed by atoms with Crippen LogP contribution in [0.2, 0.25) is 0 Å². The van der Waals surface area contributed by atoms with Crippen LogP contribution in [0.25, 0.3) is 0 Å². The van der Waals surface area contributed by atoms with Crippen LogP contribution in [0.15, 0.2) is 12.3 Å². The second-order valence-electron chi connectivity index (χ2n) is 4.02. The van der Waals surface area contributed by atoms with E-state index >= 15 is 0 Å². The summed E-state index contributed by atoms with van der Waals surface area (Å²) in [4.78, 5) is 18.6. The molecule has 0 aliphatic carbocycles. The van der Waals surface area contributed by atoms with Crippen LogP contribution in [0.5, 0.6) is 0 Å². The third kappa shape index (κ3) is 3.39. The summed E-state index contributed by atoms with van der Waals surface area (Å²) in [5.74, 6) is -0.0892. The van der Waals surface area contributed by atoms with Crippen molar-refractivity contribution in [2.24, 2.45) is 5.92 Å². The van der Waals surface area contributed by atoms with Crippen molar-refractivity contribution in [3.8, 4) is 0 Å². The highest BCUT2D eigenvalue weighted by atomic mass is 16.5. The fraction of sp³-hybridized carbons (Fsp3) is 0.545. The van der Waals surface area contributed by atoms with Crippen molar-refractivity contribution in [2.75, 3.05) is 25.1 Å². The first-order chi connectivity index (χ1) is 8.25. The first kappa shape index (κ1) is 11.8. The number of carboxylic acid groups (broad SMARTS) is 1. The van der Waals surface area contributed by atoms with Crippen molar-refractivity contribution in [2.45, 2.75) is 12.8 Å². The minimum Gasteiger partial charge on any atom is -0.477 e. The lowest BCUT2D eigenvalue weighted by molar-refractivity contribution is 0.0690. The number of hydrogen-bond acceptors (Lipinski definition) is 5. The Balaban J connectivity index is 1.81. The Labute approximate surface area is 99.0 Å². The fourth-order valence-electron chi connectivity index (χ4n) is 1.76. The van der Waals surface area contributed by atoms with Gasteiger partial charge in [0, 0.05) is 26.0 Å². The highest BCUT2D eigenvalue weighted by molar-refractivity contribution is 5.85. The van der Waals surface area contributed by atoms with Crippen molar-refractivity contribution in [1.82, 2.24) is 9.97 Å². The number of carbonyl (C=O) groups is 1. The van der Waals surface area contributed by atoms with Crippen LogP contribution in [0.4, 0.5) is 5.95 Å². The number of ether oxygens (including phenoxy) is 1. The lowest BCUT2D eigenvalue weighted by Crippen LogP contribution is -2.12. The van der Waals surface area contributed by atoms with Crippen LogP contribution >= 0.6 is 0 Å². The third-order valence-electron chi connectivity index (χ3n) is 2.73.